The second-order valence-corrected chi connectivity index (χ2v) is 5.47. The van der Waals surface area contributed by atoms with Crippen molar-refractivity contribution in [2.45, 2.75) is 38.3 Å². The molecule has 1 aromatic rings. The third-order valence-corrected chi connectivity index (χ3v) is 3.83. The zero-order chi connectivity index (χ0) is 12.1. The lowest BCUT2D eigenvalue weighted by molar-refractivity contribution is 0.107. The lowest BCUT2D eigenvalue weighted by Gasteiger charge is -2.20. The van der Waals surface area contributed by atoms with E-state index in [4.69, 9.17) is 4.74 Å². The Morgan fingerprint density at radius 2 is 2.18 bits per heavy atom. The van der Waals surface area contributed by atoms with Gasteiger partial charge in [0.15, 0.2) is 0 Å². The zero-order valence-electron chi connectivity index (χ0n) is 10.3. The Morgan fingerprint density at radius 1 is 1.41 bits per heavy atom. The largest absolute Gasteiger partial charge is 0.377 e. The van der Waals surface area contributed by atoms with Crippen LogP contribution in [0.25, 0.3) is 0 Å². The second-order valence-electron chi connectivity index (χ2n) is 4.56. The molecule has 1 aromatic carbocycles. The van der Waals surface area contributed by atoms with Crippen molar-refractivity contribution in [1.82, 2.24) is 5.32 Å². The fourth-order valence-corrected chi connectivity index (χ4v) is 2.54. The standard InChI is InChI=1S/C14H20BrNO/c1-2-14(11-5-7-12(15)8-6-11)16-10-13-4-3-9-17-13/h5-8,13-14,16H,2-4,9-10H2,1H3. The molecule has 0 amide bonds. The van der Waals surface area contributed by atoms with Gasteiger partial charge in [-0.05, 0) is 37.0 Å². The van der Waals surface area contributed by atoms with Gasteiger partial charge in [0, 0.05) is 23.7 Å². The normalized spacial score (nSPS) is 21.6. The van der Waals surface area contributed by atoms with Gasteiger partial charge in [0.2, 0.25) is 0 Å². The van der Waals surface area contributed by atoms with E-state index in [0.717, 1.165) is 24.0 Å². The molecule has 0 saturated carbocycles. The van der Waals surface area contributed by atoms with Gasteiger partial charge in [0.1, 0.15) is 0 Å². The minimum atomic E-state index is 0.416. The average Bonchev–Trinajstić information content (AvgIpc) is 2.85. The molecule has 17 heavy (non-hydrogen) atoms. The average molecular weight is 298 g/mol. The third-order valence-electron chi connectivity index (χ3n) is 3.30. The van der Waals surface area contributed by atoms with Crippen molar-refractivity contribution in [3.8, 4) is 0 Å². The minimum Gasteiger partial charge on any atom is -0.377 e. The molecule has 1 N–H and O–H groups in total. The van der Waals surface area contributed by atoms with Gasteiger partial charge in [-0.25, -0.2) is 0 Å². The third kappa shape index (κ3) is 3.80. The van der Waals surface area contributed by atoms with Gasteiger partial charge in [-0.2, -0.15) is 0 Å². The van der Waals surface area contributed by atoms with Crippen molar-refractivity contribution < 1.29 is 4.74 Å². The van der Waals surface area contributed by atoms with Crippen LogP contribution in [0.15, 0.2) is 28.7 Å². The number of rotatable bonds is 5. The molecule has 0 bridgehead atoms. The summed E-state index contributed by atoms with van der Waals surface area (Å²) in [5, 5.41) is 3.61. The van der Waals surface area contributed by atoms with Gasteiger partial charge < -0.3 is 10.1 Å². The van der Waals surface area contributed by atoms with Crippen LogP contribution in [0.2, 0.25) is 0 Å². The van der Waals surface area contributed by atoms with Gasteiger partial charge in [-0.15, -0.1) is 0 Å². The van der Waals surface area contributed by atoms with E-state index in [0.29, 0.717) is 12.1 Å². The quantitative estimate of drug-likeness (QED) is 0.895. The SMILES string of the molecule is CCC(NCC1CCCO1)c1ccc(Br)cc1. The molecular formula is C14H20BrNO. The summed E-state index contributed by atoms with van der Waals surface area (Å²) in [5.74, 6) is 0. The molecule has 1 heterocycles. The summed E-state index contributed by atoms with van der Waals surface area (Å²) in [7, 11) is 0. The Bertz CT molecular complexity index is 333. The van der Waals surface area contributed by atoms with Crippen molar-refractivity contribution >= 4 is 15.9 Å². The summed E-state index contributed by atoms with van der Waals surface area (Å²) in [6, 6.07) is 9.01. The Labute approximate surface area is 112 Å². The van der Waals surface area contributed by atoms with E-state index in [1.807, 2.05) is 0 Å². The molecule has 2 nitrogen and oxygen atoms in total. The molecule has 1 fully saturated rings. The summed E-state index contributed by atoms with van der Waals surface area (Å²) < 4.78 is 6.77. The highest BCUT2D eigenvalue weighted by Gasteiger charge is 2.17. The maximum absolute atomic E-state index is 5.63. The number of halogens is 1. The molecule has 1 aliphatic heterocycles. The Hall–Kier alpha value is -0.380. The maximum atomic E-state index is 5.63. The zero-order valence-corrected chi connectivity index (χ0v) is 11.9. The lowest BCUT2D eigenvalue weighted by atomic mass is 10.0. The van der Waals surface area contributed by atoms with Gasteiger partial charge in [-0.3, -0.25) is 0 Å². The lowest BCUT2D eigenvalue weighted by Crippen LogP contribution is -2.29. The van der Waals surface area contributed by atoms with Crippen LogP contribution in [-0.2, 0) is 4.74 Å². The van der Waals surface area contributed by atoms with Crippen LogP contribution < -0.4 is 5.32 Å². The van der Waals surface area contributed by atoms with E-state index in [2.05, 4.69) is 52.4 Å². The molecule has 94 valence electrons. The molecule has 2 unspecified atom stereocenters. The van der Waals surface area contributed by atoms with Crippen molar-refractivity contribution in [1.29, 1.82) is 0 Å². The highest BCUT2D eigenvalue weighted by Crippen LogP contribution is 2.20. The van der Waals surface area contributed by atoms with Crippen molar-refractivity contribution in [2.75, 3.05) is 13.2 Å². The monoisotopic (exact) mass is 297 g/mol. The molecule has 0 aliphatic carbocycles. The van der Waals surface area contributed by atoms with E-state index in [1.54, 1.807) is 0 Å². The Balaban J connectivity index is 1.89. The molecule has 0 spiro atoms. The van der Waals surface area contributed by atoms with Crippen LogP contribution >= 0.6 is 15.9 Å². The second kappa shape index (κ2) is 6.53. The first-order valence-electron chi connectivity index (χ1n) is 6.40. The number of benzene rings is 1. The summed E-state index contributed by atoms with van der Waals surface area (Å²) in [4.78, 5) is 0. The highest BCUT2D eigenvalue weighted by molar-refractivity contribution is 9.10. The van der Waals surface area contributed by atoms with Gasteiger partial charge in [0.05, 0.1) is 6.10 Å². The van der Waals surface area contributed by atoms with Gasteiger partial charge >= 0.3 is 0 Å². The minimum absolute atomic E-state index is 0.416. The molecule has 0 radical (unpaired) electrons. The molecule has 3 heteroatoms. The van der Waals surface area contributed by atoms with Crippen molar-refractivity contribution in [2.24, 2.45) is 0 Å². The molecular weight excluding hydrogens is 278 g/mol. The molecule has 1 aliphatic rings. The highest BCUT2D eigenvalue weighted by atomic mass is 79.9. The van der Waals surface area contributed by atoms with Gasteiger partial charge in [-0.1, -0.05) is 35.0 Å². The summed E-state index contributed by atoms with van der Waals surface area (Å²) >= 11 is 3.47. The van der Waals surface area contributed by atoms with E-state index in [-0.39, 0.29) is 0 Å². The summed E-state index contributed by atoms with van der Waals surface area (Å²) in [6.07, 6.45) is 3.93. The summed E-state index contributed by atoms with van der Waals surface area (Å²) in [6.45, 7) is 4.12. The van der Waals surface area contributed by atoms with Crippen molar-refractivity contribution in [3.05, 3.63) is 34.3 Å². The van der Waals surface area contributed by atoms with Crippen LogP contribution in [-0.4, -0.2) is 19.3 Å². The van der Waals surface area contributed by atoms with E-state index < -0.39 is 0 Å². The number of hydrogen-bond donors (Lipinski definition) is 1. The number of nitrogens with one attached hydrogen (secondary N) is 1. The fraction of sp³-hybridized carbons (Fsp3) is 0.571. The first-order chi connectivity index (χ1) is 8.29. The van der Waals surface area contributed by atoms with Crippen molar-refractivity contribution in [3.63, 3.8) is 0 Å². The first kappa shape index (κ1) is 13.1. The van der Waals surface area contributed by atoms with Crippen LogP contribution in [0.5, 0.6) is 0 Å². The number of ether oxygens (including phenoxy) is 1. The van der Waals surface area contributed by atoms with E-state index in [9.17, 15) is 0 Å². The smallest absolute Gasteiger partial charge is 0.0700 e. The Kier molecular flexibility index (Phi) is 5.01. The maximum Gasteiger partial charge on any atom is 0.0700 e. The molecule has 2 atom stereocenters. The van der Waals surface area contributed by atoms with E-state index >= 15 is 0 Å². The molecule has 0 aromatic heterocycles. The van der Waals surface area contributed by atoms with Crippen LogP contribution in [0.1, 0.15) is 37.8 Å². The van der Waals surface area contributed by atoms with E-state index in [1.165, 1.54) is 18.4 Å². The number of hydrogen-bond acceptors (Lipinski definition) is 2. The van der Waals surface area contributed by atoms with Crippen LogP contribution in [0.4, 0.5) is 0 Å². The van der Waals surface area contributed by atoms with Crippen LogP contribution in [0, 0.1) is 0 Å². The fourth-order valence-electron chi connectivity index (χ4n) is 2.27. The predicted molar refractivity (Wildman–Crippen MR) is 74.2 cm³/mol. The van der Waals surface area contributed by atoms with Gasteiger partial charge in [0.25, 0.3) is 0 Å². The predicted octanol–water partition coefficient (Wildman–Crippen LogP) is 3.67. The molecule has 1 saturated heterocycles. The Morgan fingerprint density at radius 3 is 2.76 bits per heavy atom. The summed E-state index contributed by atoms with van der Waals surface area (Å²) in [5.41, 5.74) is 1.36. The first-order valence-corrected chi connectivity index (χ1v) is 7.19. The topological polar surface area (TPSA) is 21.3 Å². The van der Waals surface area contributed by atoms with Crippen LogP contribution in [0.3, 0.4) is 0 Å². The molecule has 2 rings (SSSR count).